The number of amides is 1. The van der Waals surface area contributed by atoms with Gasteiger partial charge in [0.25, 0.3) is 0 Å². The highest BCUT2D eigenvalue weighted by molar-refractivity contribution is 6.16. The van der Waals surface area contributed by atoms with E-state index in [0.29, 0.717) is 18.9 Å². The average Bonchev–Trinajstić information content (AvgIpc) is 2.46. The summed E-state index contributed by atoms with van der Waals surface area (Å²) >= 11 is 5.84. The van der Waals surface area contributed by atoms with Crippen molar-refractivity contribution in [2.75, 3.05) is 24.5 Å². The minimum Gasteiger partial charge on any atom is -0.353 e. The van der Waals surface area contributed by atoms with Crippen LogP contribution in [0.5, 0.6) is 0 Å². The van der Waals surface area contributed by atoms with Gasteiger partial charge in [0, 0.05) is 18.5 Å². The van der Waals surface area contributed by atoms with E-state index >= 15 is 0 Å². The Kier molecular flexibility index (Phi) is 3.21. The Hall–Kier alpha value is -1.88. The van der Waals surface area contributed by atoms with Gasteiger partial charge in [-0.15, -0.1) is 11.6 Å². The predicted molar refractivity (Wildman–Crippen MR) is 74.3 cm³/mol. The van der Waals surface area contributed by atoms with Gasteiger partial charge in [0.2, 0.25) is 5.91 Å². The molecule has 2 heterocycles. The Morgan fingerprint density at radius 1 is 1.32 bits per heavy atom. The van der Waals surface area contributed by atoms with Crippen LogP contribution in [0.1, 0.15) is 5.82 Å². The monoisotopic (exact) mass is 276 g/mol. The van der Waals surface area contributed by atoms with E-state index < -0.39 is 0 Å². The van der Waals surface area contributed by atoms with Crippen LogP contribution in [0.4, 0.5) is 5.82 Å². The first-order chi connectivity index (χ1) is 9.28. The molecule has 5 nitrogen and oxygen atoms in total. The zero-order chi connectivity index (χ0) is 13.2. The number of nitrogens with zero attached hydrogens (tertiary/aromatic N) is 3. The van der Waals surface area contributed by atoms with Gasteiger partial charge < -0.3 is 10.2 Å². The maximum atomic E-state index is 11.5. The molecule has 0 spiro atoms. The summed E-state index contributed by atoms with van der Waals surface area (Å²) in [4.78, 5) is 22.4. The largest absolute Gasteiger partial charge is 0.353 e. The lowest BCUT2D eigenvalue weighted by atomic mass is 10.2. The molecule has 6 heteroatoms. The summed E-state index contributed by atoms with van der Waals surface area (Å²) in [6, 6.07) is 7.77. The van der Waals surface area contributed by atoms with Gasteiger partial charge in [0.15, 0.2) is 0 Å². The lowest BCUT2D eigenvalue weighted by Gasteiger charge is -2.28. The van der Waals surface area contributed by atoms with E-state index in [1.54, 1.807) is 0 Å². The van der Waals surface area contributed by atoms with E-state index in [2.05, 4.69) is 15.3 Å². The summed E-state index contributed by atoms with van der Waals surface area (Å²) in [7, 11) is 0. The Bertz CT molecular complexity index is 631. The second-order valence-electron chi connectivity index (χ2n) is 4.39. The van der Waals surface area contributed by atoms with E-state index in [4.69, 9.17) is 11.6 Å². The van der Waals surface area contributed by atoms with Crippen LogP contribution in [0.25, 0.3) is 10.9 Å². The normalized spacial score (nSPS) is 15.6. The molecule has 2 aromatic rings. The number of benzene rings is 1. The smallest absolute Gasteiger partial charge is 0.239 e. The molecule has 19 heavy (non-hydrogen) atoms. The first-order valence-electron chi connectivity index (χ1n) is 6.11. The number of rotatable bonds is 2. The van der Waals surface area contributed by atoms with E-state index in [9.17, 15) is 4.79 Å². The van der Waals surface area contributed by atoms with E-state index in [1.165, 1.54) is 0 Å². The molecule has 1 aromatic heterocycles. The topological polar surface area (TPSA) is 58.1 Å². The molecule has 0 bridgehead atoms. The molecule has 0 atom stereocenters. The van der Waals surface area contributed by atoms with Crippen molar-refractivity contribution in [3.05, 3.63) is 30.1 Å². The van der Waals surface area contributed by atoms with E-state index in [1.807, 2.05) is 29.2 Å². The lowest BCUT2D eigenvalue weighted by molar-refractivity contribution is -0.120. The molecule has 1 saturated heterocycles. The molecular weight excluding hydrogens is 264 g/mol. The number of anilines is 1. The highest BCUT2D eigenvalue weighted by Crippen LogP contribution is 2.24. The zero-order valence-corrected chi connectivity index (χ0v) is 11.0. The highest BCUT2D eigenvalue weighted by atomic mass is 35.5. The first kappa shape index (κ1) is 12.2. The van der Waals surface area contributed by atoms with Crippen molar-refractivity contribution in [2.24, 2.45) is 0 Å². The fraction of sp³-hybridized carbons (Fsp3) is 0.308. The Morgan fingerprint density at radius 3 is 2.95 bits per heavy atom. The molecule has 1 amide bonds. The summed E-state index contributed by atoms with van der Waals surface area (Å²) in [5, 5.41) is 3.76. The van der Waals surface area contributed by atoms with Gasteiger partial charge in [-0.25, -0.2) is 9.97 Å². The number of fused-ring (bicyclic) bond motifs is 1. The Labute approximate surface area is 115 Å². The van der Waals surface area contributed by atoms with Crippen molar-refractivity contribution in [3.8, 4) is 0 Å². The average molecular weight is 277 g/mol. The maximum absolute atomic E-state index is 11.5. The highest BCUT2D eigenvalue weighted by Gasteiger charge is 2.20. The van der Waals surface area contributed by atoms with Crippen LogP contribution < -0.4 is 10.2 Å². The Morgan fingerprint density at radius 2 is 2.16 bits per heavy atom. The van der Waals surface area contributed by atoms with Crippen LogP contribution in [-0.4, -0.2) is 35.5 Å². The quantitative estimate of drug-likeness (QED) is 0.840. The zero-order valence-electron chi connectivity index (χ0n) is 10.3. The van der Waals surface area contributed by atoms with Crippen molar-refractivity contribution in [3.63, 3.8) is 0 Å². The molecule has 1 aliphatic heterocycles. The second-order valence-corrected chi connectivity index (χ2v) is 4.65. The van der Waals surface area contributed by atoms with Crippen molar-refractivity contribution in [1.82, 2.24) is 15.3 Å². The first-order valence-corrected chi connectivity index (χ1v) is 6.64. The van der Waals surface area contributed by atoms with Gasteiger partial charge >= 0.3 is 0 Å². The predicted octanol–water partition coefficient (Wildman–Crippen LogP) is 1.30. The van der Waals surface area contributed by atoms with Crippen LogP contribution in [0.15, 0.2) is 24.3 Å². The lowest BCUT2D eigenvalue weighted by Crippen LogP contribution is -2.48. The summed E-state index contributed by atoms with van der Waals surface area (Å²) < 4.78 is 0. The molecule has 0 aliphatic carbocycles. The molecule has 1 fully saturated rings. The summed E-state index contributed by atoms with van der Waals surface area (Å²) in [6.45, 7) is 1.70. The number of hydrogen-bond donors (Lipinski definition) is 1. The maximum Gasteiger partial charge on any atom is 0.239 e. The summed E-state index contributed by atoms with van der Waals surface area (Å²) in [5.74, 6) is 1.65. The van der Waals surface area contributed by atoms with Crippen molar-refractivity contribution >= 4 is 34.2 Å². The standard InChI is InChI=1S/C13H13ClN4O/c14-7-11-16-10-4-2-1-3-9(10)13(17-11)18-6-5-15-12(19)8-18/h1-4H,5-8H2,(H,15,19). The number of carbonyl (C=O) groups excluding carboxylic acids is 1. The molecule has 0 radical (unpaired) electrons. The third-order valence-electron chi connectivity index (χ3n) is 3.09. The minimum atomic E-state index is 0.0152. The minimum absolute atomic E-state index is 0.0152. The van der Waals surface area contributed by atoms with Crippen LogP contribution in [0.3, 0.4) is 0 Å². The number of para-hydroxylation sites is 1. The number of alkyl halides is 1. The molecule has 0 unspecified atom stereocenters. The number of halogens is 1. The summed E-state index contributed by atoms with van der Waals surface area (Å²) in [6.07, 6.45) is 0. The third-order valence-corrected chi connectivity index (χ3v) is 3.33. The molecule has 98 valence electrons. The molecule has 1 aromatic carbocycles. The molecule has 3 rings (SSSR count). The van der Waals surface area contributed by atoms with Crippen LogP contribution >= 0.6 is 11.6 Å². The van der Waals surface area contributed by atoms with Gasteiger partial charge in [0.1, 0.15) is 11.6 Å². The fourth-order valence-electron chi connectivity index (χ4n) is 2.23. The molecule has 0 saturated carbocycles. The van der Waals surface area contributed by atoms with Crippen LogP contribution in [-0.2, 0) is 10.7 Å². The van der Waals surface area contributed by atoms with Crippen LogP contribution in [0, 0.1) is 0 Å². The number of nitrogens with one attached hydrogen (secondary N) is 1. The summed E-state index contributed by atoms with van der Waals surface area (Å²) in [5.41, 5.74) is 0.856. The van der Waals surface area contributed by atoms with Gasteiger partial charge in [-0.1, -0.05) is 12.1 Å². The molecule has 1 N–H and O–H groups in total. The van der Waals surface area contributed by atoms with E-state index in [-0.39, 0.29) is 11.8 Å². The van der Waals surface area contributed by atoms with Gasteiger partial charge in [0.05, 0.1) is 17.9 Å². The van der Waals surface area contributed by atoms with Crippen molar-refractivity contribution in [1.29, 1.82) is 0 Å². The number of piperazine rings is 1. The number of hydrogen-bond acceptors (Lipinski definition) is 4. The van der Waals surface area contributed by atoms with Gasteiger partial charge in [-0.2, -0.15) is 0 Å². The SMILES string of the molecule is O=C1CN(c2nc(CCl)nc3ccccc23)CCN1. The number of carbonyl (C=O) groups is 1. The molecular formula is C13H13ClN4O. The van der Waals surface area contributed by atoms with E-state index in [0.717, 1.165) is 23.3 Å². The molecule has 1 aliphatic rings. The third kappa shape index (κ3) is 2.33. The Balaban J connectivity index is 2.12. The van der Waals surface area contributed by atoms with Crippen LogP contribution in [0.2, 0.25) is 0 Å². The van der Waals surface area contributed by atoms with Gasteiger partial charge in [-0.3, -0.25) is 4.79 Å². The number of aromatic nitrogens is 2. The van der Waals surface area contributed by atoms with Gasteiger partial charge in [-0.05, 0) is 12.1 Å². The fourth-order valence-corrected chi connectivity index (χ4v) is 2.35. The second kappa shape index (κ2) is 5.01. The van der Waals surface area contributed by atoms with Crippen molar-refractivity contribution in [2.45, 2.75) is 5.88 Å². The van der Waals surface area contributed by atoms with Crippen molar-refractivity contribution < 1.29 is 4.79 Å².